The summed E-state index contributed by atoms with van der Waals surface area (Å²) < 4.78 is 38.9. The quantitative estimate of drug-likeness (QED) is 0.305. The van der Waals surface area contributed by atoms with Crippen LogP contribution in [0.2, 0.25) is 0 Å². The molecule has 1 saturated heterocycles. The first kappa shape index (κ1) is 29.3. The Kier molecular flexibility index (Phi) is 10.3. The van der Waals surface area contributed by atoms with Crippen molar-refractivity contribution in [2.24, 2.45) is 5.92 Å². The van der Waals surface area contributed by atoms with Crippen LogP contribution >= 0.6 is 0 Å². The van der Waals surface area contributed by atoms with Crippen LogP contribution in [-0.2, 0) is 14.3 Å². The van der Waals surface area contributed by atoms with E-state index in [1.807, 2.05) is 6.92 Å². The van der Waals surface area contributed by atoms with Gasteiger partial charge < -0.3 is 29.6 Å². The van der Waals surface area contributed by atoms with Gasteiger partial charge in [0.25, 0.3) is 0 Å². The van der Waals surface area contributed by atoms with E-state index in [0.717, 1.165) is 31.7 Å². The van der Waals surface area contributed by atoms with Gasteiger partial charge in [-0.1, -0.05) is 0 Å². The summed E-state index contributed by atoms with van der Waals surface area (Å²) in [5.41, 5.74) is 0.852. The van der Waals surface area contributed by atoms with Crippen molar-refractivity contribution in [3.8, 4) is 11.4 Å². The van der Waals surface area contributed by atoms with Crippen molar-refractivity contribution in [3.63, 3.8) is 0 Å². The highest BCUT2D eigenvalue weighted by Crippen LogP contribution is 2.27. The maximum Gasteiger partial charge on any atom is 0.319 e. The summed E-state index contributed by atoms with van der Waals surface area (Å²) in [5.74, 6) is -2.44. The van der Waals surface area contributed by atoms with Crippen LogP contribution in [0.5, 0.6) is 0 Å². The highest BCUT2D eigenvalue weighted by Gasteiger charge is 2.33. The summed E-state index contributed by atoms with van der Waals surface area (Å²) in [6.45, 7) is 5.75. The van der Waals surface area contributed by atoms with E-state index in [9.17, 15) is 18.4 Å². The third-order valence-corrected chi connectivity index (χ3v) is 6.74. The molecule has 40 heavy (non-hydrogen) atoms. The van der Waals surface area contributed by atoms with Crippen molar-refractivity contribution in [1.29, 1.82) is 0 Å². The predicted octanol–water partition coefficient (Wildman–Crippen LogP) is 3.83. The average molecular weight is 560 g/mol. The Labute approximate surface area is 231 Å². The van der Waals surface area contributed by atoms with Crippen LogP contribution in [0.3, 0.4) is 0 Å². The summed E-state index contributed by atoms with van der Waals surface area (Å²) in [5, 5.41) is 2.97. The van der Waals surface area contributed by atoms with Crippen molar-refractivity contribution >= 4 is 28.8 Å². The van der Waals surface area contributed by atoms with E-state index in [2.05, 4.69) is 25.3 Å². The summed E-state index contributed by atoms with van der Waals surface area (Å²) in [6.07, 6.45) is 6.74. The number of urea groups is 1. The molecule has 0 radical (unpaired) electrons. The van der Waals surface area contributed by atoms with Crippen LogP contribution in [-0.4, -0.2) is 94.8 Å². The van der Waals surface area contributed by atoms with Crippen molar-refractivity contribution in [3.05, 3.63) is 36.3 Å². The van der Waals surface area contributed by atoms with Gasteiger partial charge in [-0.2, -0.15) is 0 Å². The number of unbranched alkanes of at least 4 members (excludes halogenated alkanes) is 2. The lowest BCUT2D eigenvalue weighted by Gasteiger charge is -2.24. The summed E-state index contributed by atoms with van der Waals surface area (Å²) >= 11 is 0. The Balaban J connectivity index is 1.25. The van der Waals surface area contributed by atoms with Gasteiger partial charge in [0, 0.05) is 57.0 Å². The first-order valence-electron chi connectivity index (χ1n) is 13.5. The fourth-order valence-electron chi connectivity index (χ4n) is 4.55. The number of ether oxygens (including phenoxy) is 2. The number of aromatic amines is 1. The first-order chi connectivity index (χ1) is 19.4. The van der Waals surface area contributed by atoms with Crippen LogP contribution < -0.4 is 5.32 Å². The van der Waals surface area contributed by atoms with Gasteiger partial charge in [0.15, 0.2) is 17.5 Å². The molecule has 1 unspecified atom stereocenters. The standard InChI is InChI=1S/C27H35F2N7O4/c1-3-39-11-12-40-10-6-4-5-8-35(2)27(38)36-9-7-18(17-36)26(37)34-25-22(29)16-32-24(33-25)21-15-31-23-20(21)13-19(28)14-30-23/h13-16,18H,3-12,17H2,1-2H3,(H,30,31)(H,32,33,34,37). The van der Waals surface area contributed by atoms with Gasteiger partial charge in [0.05, 0.1) is 31.5 Å². The van der Waals surface area contributed by atoms with E-state index >= 15 is 0 Å². The van der Waals surface area contributed by atoms with E-state index in [1.165, 1.54) is 6.07 Å². The molecule has 0 spiro atoms. The van der Waals surface area contributed by atoms with Crippen molar-refractivity contribution in [2.75, 3.05) is 58.4 Å². The van der Waals surface area contributed by atoms with E-state index in [-0.39, 0.29) is 24.2 Å². The number of fused-ring (bicyclic) bond motifs is 1. The monoisotopic (exact) mass is 559 g/mol. The first-order valence-corrected chi connectivity index (χ1v) is 13.5. The highest BCUT2D eigenvalue weighted by molar-refractivity contribution is 5.94. The molecule has 0 bridgehead atoms. The Bertz CT molecular complexity index is 1310. The fraction of sp³-hybridized carbons (Fsp3) is 0.519. The molecule has 216 valence electrons. The Hall–Kier alpha value is -3.71. The van der Waals surface area contributed by atoms with Gasteiger partial charge in [-0.25, -0.2) is 28.5 Å². The van der Waals surface area contributed by atoms with Crippen LogP contribution in [0.4, 0.5) is 19.4 Å². The molecule has 11 nitrogen and oxygen atoms in total. The zero-order valence-electron chi connectivity index (χ0n) is 22.8. The molecule has 13 heteroatoms. The van der Waals surface area contributed by atoms with Crippen LogP contribution in [0, 0.1) is 17.6 Å². The smallest absolute Gasteiger partial charge is 0.319 e. The molecule has 1 aliphatic heterocycles. The number of carbonyl (C=O) groups is 2. The summed E-state index contributed by atoms with van der Waals surface area (Å²) in [7, 11) is 1.75. The van der Waals surface area contributed by atoms with Gasteiger partial charge >= 0.3 is 6.03 Å². The molecule has 0 aromatic carbocycles. The number of likely N-dealkylation sites (tertiary alicyclic amines) is 1. The number of carbonyl (C=O) groups excluding carboxylic acids is 2. The zero-order valence-corrected chi connectivity index (χ0v) is 22.8. The number of amides is 3. The third kappa shape index (κ3) is 7.48. The third-order valence-electron chi connectivity index (χ3n) is 6.74. The average Bonchev–Trinajstić information content (AvgIpc) is 3.60. The zero-order chi connectivity index (χ0) is 28.5. The Morgan fingerprint density at radius 2 is 1.98 bits per heavy atom. The molecule has 1 fully saturated rings. The van der Waals surface area contributed by atoms with Crippen LogP contribution in [0.15, 0.2) is 24.7 Å². The fourth-order valence-corrected chi connectivity index (χ4v) is 4.55. The number of halogens is 2. The lowest BCUT2D eigenvalue weighted by Crippen LogP contribution is -2.41. The summed E-state index contributed by atoms with van der Waals surface area (Å²) in [4.78, 5) is 44.1. The minimum Gasteiger partial charge on any atom is -0.379 e. The van der Waals surface area contributed by atoms with Crippen molar-refractivity contribution < 1.29 is 27.8 Å². The molecule has 3 aromatic heterocycles. The van der Waals surface area contributed by atoms with Gasteiger partial charge in [-0.05, 0) is 38.7 Å². The maximum absolute atomic E-state index is 14.5. The van der Waals surface area contributed by atoms with E-state index in [4.69, 9.17) is 9.47 Å². The molecule has 3 amide bonds. The molecule has 1 atom stereocenters. The number of nitrogens with zero attached hydrogens (tertiary/aromatic N) is 5. The van der Waals surface area contributed by atoms with Gasteiger partial charge in [0.1, 0.15) is 11.5 Å². The number of nitrogens with one attached hydrogen (secondary N) is 2. The SMILES string of the molecule is CCOCCOCCCCCN(C)C(=O)N1CCC(C(=O)Nc2nc(-c3c[nH]c4ncc(F)cc34)ncc2F)C1. The van der Waals surface area contributed by atoms with E-state index in [1.54, 1.807) is 23.0 Å². The van der Waals surface area contributed by atoms with Crippen LogP contribution in [0.1, 0.15) is 32.6 Å². The van der Waals surface area contributed by atoms with Crippen LogP contribution in [0.25, 0.3) is 22.4 Å². The van der Waals surface area contributed by atoms with Gasteiger partial charge in [-0.3, -0.25) is 4.79 Å². The number of rotatable bonds is 13. The number of hydrogen-bond acceptors (Lipinski definition) is 7. The minimum absolute atomic E-state index is 0.109. The van der Waals surface area contributed by atoms with Crippen molar-refractivity contribution in [1.82, 2.24) is 29.7 Å². The van der Waals surface area contributed by atoms with E-state index in [0.29, 0.717) is 62.5 Å². The highest BCUT2D eigenvalue weighted by atomic mass is 19.1. The second-order valence-electron chi connectivity index (χ2n) is 9.64. The Morgan fingerprint density at radius 3 is 2.80 bits per heavy atom. The molecule has 0 aliphatic carbocycles. The molecule has 3 aromatic rings. The molecule has 1 aliphatic rings. The topological polar surface area (TPSA) is 126 Å². The lowest BCUT2D eigenvalue weighted by atomic mass is 10.1. The molecular weight excluding hydrogens is 524 g/mol. The minimum atomic E-state index is -0.799. The normalized spacial score (nSPS) is 15.1. The second-order valence-corrected chi connectivity index (χ2v) is 9.64. The second kappa shape index (κ2) is 14.1. The molecule has 0 saturated carbocycles. The number of hydrogen-bond donors (Lipinski definition) is 2. The predicted molar refractivity (Wildman–Crippen MR) is 145 cm³/mol. The van der Waals surface area contributed by atoms with Gasteiger partial charge in [-0.15, -0.1) is 0 Å². The number of pyridine rings is 1. The Morgan fingerprint density at radius 1 is 1.15 bits per heavy atom. The lowest BCUT2D eigenvalue weighted by molar-refractivity contribution is -0.119. The number of aromatic nitrogens is 4. The molecule has 4 rings (SSSR count). The number of anilines is 1. The summed E-state index contributed by atoms with van der Waals surface area (Å²) in [6, 6.07) is 1.14. The van der Waals surface area contributed by atoms with Gasteiger partial charge in [0.2, 0.25) is 5.91 Å². The molecular formula is C27H35F2N7O4. The number of H-pyrrole nitrogens is 1. The molecule has 4 heterocycles. The largest absolute Gasteiger partial charge is 0.379 e. The van der Waals surface area contributed by atoms with Crippen molar-refractivity contribution in [2.45, 2.75) is 32.6 Å². The maximum atomic E-state index is 14.5. The molecule has 2 N–H and O–H groups in total. The van der Waals surface area contributed by atoms with E-state index < -0.39 is 23.5 Å².